The van der Waals surface area contributed by atoms with Crippen molar-refractivity contribution in [3.63, 3.8) is 0 Å². The molecule has 1 rings (SSSR count). The van der Waals surface area contributed by atoms with Crippen LogP contribution in [0.4, 0.5) is 0 Å². The summed E-state index contributed by atoms with van der Waals surface area (Å²) in [6, 6.07) is -17.3. The van der Waals surface area contributed by atoms with Gasteiger partial charge >= 0.3 is 11.9 Å². The fourth-order valence-electron chi connectivity index (χ4n) is 8.68. The molecule has 0 aromatic carbocycles. The average Bonchev–Trinajstić information content (AvgIpc) is 2.73. The maximum absolute atomic E-state index is 14.2. The number of carboxylic acid groups (broad SMARTS) is 2. The number of thiol groups is 1. The molecule has 1 aliphatic rings. The molecule has 1 fully saturated rings. The summed E-state index contributed by atoms with van der Waals surface area (Å²) in [5.74, 6) is -16.7. The lowest BCUT2D eigenvalue weighted by atomic mass is 10.0. The second-order valence-corrected chi connectivity index (χ2v) is 21.6. The average molecular weight is 1320 g/mol. The molecule has 1 aliphatic heterocycles. The van der Waals surface area contributed by atoms with E-state index in [9.17, 15) is 87.5 Å². The van der Waals surface area contributed by atoms with E-state index >= 15 is 0 Å². The van der Waals surface area contributed by atoms with Crippen LogP contribution in [0.1, 0.15) is 90.9 Å². The minimum Gasteiger partial charge on any atom is -0.481 e. The summed E-state index contributed by atoms with van der Waals surface area (Å²) in [5.41, 5.74) is 38.5. The number of aliphatic hydroxyl groups is 3. The predicted molar refractivity (Wildman–Crippen MR) is 324 cm³/mol. The van der Waals surface area contributed by atoms with E-state index in [4.69, 9.17) is 45.2 Å². The lowest BCUT2D eigenvalue weighted by Crippen LogP contribution is -2.61. The molecule has 11 unspecified atom stereocenters. The van der Waals surface area contributed by atoms with Crippen molar-refractivity contribution < 1.29 is 92.7 Å². The van der Waals surface area contributed by atoms with Crippen molar-refractivity contribution >= 4 is 107 Å². The van der Waals surface area contributed by atoms with E-state index in [1.54, 1.807) is 13.8 Å². The van der Waals surface area contributed by atoms with Gasteiger partial charge in [0.1, 0.15) is 60.4 Å². The van der Waals surface area contributed by atoms with Gasteiger partial charge in [-0.3, -0.25) is 72.3 Å². The van der Waals surface area contributed by atoms with Gasteiger partial charge in [-0.05, 0) is 76.7 Å². The van der Waals surface area contributed by atoms with Crippen LogP contribution in [0.5, 0.6) is 0 Å². The van der Waals surface area contributed by atoms with Gasteiger partial charge in [0.2, 0.25) is 70.9 Å². The van der Waals surface area contributed by atoms with E-state index in [1.807, 2.05) is 0 Å². The normalized spacial score (nSPS) is 15.9. The molecule has 0 aromatic heterocycles. The van der Waals surface area contributed by atoms with E-state index in [1.165, 1.54) is 0 Å². The number of carboxylic acids is 2. The Hall–Kier alpha value is -8.73. The number of likely N-dealkylation sites (tertiary alicyclic amines) is 1. The second-order valence-electron chi connectivity index (χ2n) is 21.3. The van der Waals surface area contributed by atoms with Gasteiger partial charge in [0.15, 0.2) is 11.9 Å². The first-order valence-electron chi connectivity index (χ1n) is 28.9. The Morgan fingerprint density at radius 3 is 1.46 bits per heavy atom. The molecule has 1 heterocycles. The lowest BCUT2D eigenvalue weighted by Gasteiger charge is -2.30. The van der Waals surface area contributed by atoms with Crippen LogP contribution >= 0.6 is 12.6 Å². The molecule has 0 saturated carbocycles. The van der Waals surface area contributed by atoms with E-state index in [2.05, 4.69) is 75.8 Å². The number of guanidine groups is 2. The molecule has 0 radical (unpaired) electrons. The zero-order valence-electron chi connectivity index (χ0n) is 50.6. The van der Waals surface area contributed by atoms with Gasteiger partial charge < -0.3 is 124 Å². The van der Waals surface area contributed by atoms with Crippen LogP contribution in [0.25, 0.3) is 0 Å². The molecule has 12 amide bonds. The lowest BCUT2D eigenvalue weighted by molar-refractivity contribution is -0.144. The summed E-state index contributed by atoms with van der Waals surface area (Å²) >= 11 is 4.15. The Kier molecular flexibility index (Phi) is 37.3. The topological polar surface area (TPSA) is 671 Å². The Balaban J connectivity index is 3.41. The zero-order chi connectivity index (χ0) is 69.1. The monoisotopic (exact) mass is 1320 g/mol. The number of hydrogen-bond acceptors (Lipinski definition) is 22. The summed E-state index contributed by atoms with van der Waals surface area (Å²) < 4.78 is 0. The van der Waals surface area contributed by atoms with E-state index in [-0.39, 0.29) is 102 Å². The third-order valence-corrected chi connectivity index (χ3v) is 13.7. The maximum Gasteiger partial charge on any atom is 0.328 e. The Labute approximate surface area is 528 Å². The quantitative estimate of drug-likeness (QED) is 0.0117. The maximum atomic E-state index is 14.2. The van der Waals surface area contributed by atoms with Gasteiger partial charge in [-0.15, -0.1) is 0 Å². The summed E-state index contributed by atoms with van der Waals surface area (Å²) in [5, 5.41) is 71.4. The van der Waals surface area contributed by atoms with Gasteiger partial charge in [0.05, 0.1) is 45.2 Å². The molecule has 0 aliphatic carbocycles. The number of amides is 12. The zero-order valence-corrected chi connectivity index (χ0v) is 51.5. The molecule has 0 bridgehead atoms. The third kappa shape index (κ3) is 30.6. The summed E-state index contributed by atoms with van der Waals surface area (Å²) in [6.07, 6.45) is -1.37. The largest absolute Gasteiger partial charge is 0.481 e. The number of hydrogen-bond donors (Lipinski definition) is 23. The number of aliphatic hydroxyl groups excluding tert-OH is 3. The molecule has 0 spiro atoms. The number of rotatable bonds is 44. The number of carbonyl (C=O) groups excluding carboxylic acids is 12. The molecule has 40 heteroatoms. The molecular weight excluding hydrogens is 1230 g/mol. The Morgan fingerprint density at radius 1 is 0.538 bits per heavy atom. The van der Waals surface area contributed by atoms with Crippen LogP contribution in [0.15, 0.2) is 9.98 Å². The van der Waals surface area contributed by atoms with Crippen LogP contribution in [0, 0.1) is 5.92 Å². The number of aliphatic carboxylic acids is 2. The first kappa shape index (κ1) is 80.3. The summed E-state index contributed by atoms with van der Waals surface area (Å²) in [7, 11) is 0. The Morgan fingerprint density at radius 2 is 0.989 bits per heavy atom. The molecule has 11 atom stereocenters. The van der Waals surface area contributed by atoms with E-state index in [0.717, 1.165) is 4.90 Å². The van der Waals surface area contributed by atoms with Crippen molar-refractivity contribution in [1.82, 2.24) is 58.1 Å². The molecular formula is C51H90N20O19S. The smallest absolute Gasteiger partial charge is 0.328 e. The second kappa shape index (κ2) is 42.3. The fraction of sp³-hybridized carbons (Fsp3) is 0.686. The van der Waals surface area contributed by atoms with Crippen LogP contribution in [-0.4, -0.2) is 250 Å². The summed E-state index contributed by atoms with van der Waals surface area (Å²) in [4.78, 5) is 192. The van der Waals surface area contributed by atoms with Crippen LogP contribution in [0.2, 0.25) is 0 Å². The predicted octanol–water partition coefficient (Wildman–Crippen LogP) is -11.6. The first-order valence-corrected chi connectivity index (χ1v) is 29.5. The standard InChI is InChI=1S/C51H90N20O19S/c1-24(2)16-29(44(84)69-33(22-74)49(89)90)66-45(85)30(18-36(54)75)62-37(76)19-61-40(80)34(23-91)70-43(83)27(9-5-13-59-50(55)56)63-41(81)26(8-3-4-12-52)64-46(86)31(20-72)67-42(82)28(10-6-14-60-51(57)58)65-47(87)35-11-7-15-71(35)48(88)32(21-73)68-39(79)25(53)17-38(77)78/h24-35,72-74,91H,3-23,52-53H2,1-2H3,(H2,54,75)(H,61,80)(H,62,76)(H,63,81)(H,64,86)(H,65,87)(H,66,85)(H,67,82)(H,68,79)(H,69,84)(H,70,83)(H,77,78)(H,89,90)(H4,55,56,59)(H4,57,58,60). The number of unbranched alkanes of at least 4 members (excludes halogenated alkanes) is 1. The van der Waals surface area contributed by atoms with Crippen LogP contribution < -0.4 is 93.3 Å². The Bertz CT molecular complexity index is 2580. The fourth-order valence-corrected chi connectivity index (χ4v) is 8.94. The highest BCUT2D eigenvalue weighted by atomic mass is 32.1. The number of primary amides is 1. The van der Waals surface area contributed by atoms with Crippen molar-refractivity contribution in [3.8, 4) is 0 Å². The third-order valence-electron chi connectivity index (χ3n) is 13.4. The SMILES string of the molecule is CC(C)CC(NC(=O)C(CC(N)=O)NC(=O)CNC(=O)C(CS)NC(=O)C(CCCN=C(N)N)NC(=O)C(CCCCN)NC(=O)C(CO)NC(=O)C(CCCN=C(N)N)NC(=O)C1CCCN1C(=O)C(CO)NC(=O)C(N)CC(=O)O)C(=O)NC(CO)C(=O)O. The molecule has 39 nitrogen and oxygen atoms in total. The van der Waals surface area contributed by atoms with Gasteiger partial charge in [-0.2, -0.15) is 12.6 Å². The van der Waals surface area contributed by atoms with Crippen molar-refractivity contribution in [2.24, 2.45) is 56.0 Å². The number of nitrogens with one attached hydrogen (secondary N) is 10. The van der Waals surface area contributed by atoms with Crippen molar-refractivity contribution in [2.75, 3.05) is 58.3 Å². The van der Waals surface area contributed by atoms with Gasteiger partial charge in [-0.1, -0.05) is 13.8 Å². The highest BCUT2D eigenvalue weighted by molar-refractivity contribution is 7.80. The molecule has 29 N–H and O–H groups in total. The van der Waals surface area contributed by atoms with Crippen LogP contribution in [-0.2, 0) is 67.1 Å². The van der Waals surface area contributed by atoms with Gasteiger partial charge in [-0.25, -0.2) is 4.79 Å². The van der Waals surface area contributed by atoms with Crippen molar-refractivity contribution in [3.05, 3.63) is 0 Å². The molecule has 514 valence electrons. The number of nitrogens with zero attached hydrogens (tertiary/aromatic N) is 3. The highest BCUT2D eigenvalue weighted by Gasteiger charge is 2.40. The molecule has 1 saturated heterocycles. The molecule has 0 aromatic rings. The van der Waals surface area contributed by atoms with Gasteiger partial charge in [0, 0.05) is 25.4 Å². The first-order chi connectivity index (χ1) is 42.8. The highest BCUT2D eigenvalue weighted by Crippen LogP contribution is 2.20. The van der Waals surface area contributed by atoms with Crippen molar-refractivity contribution in [1.29, 1.82) is 0 Å². The number of nitrogens with two attached hydrogens (primary N) is 7. The van der Waals surface area contributed by atoms with Crippen molar-refractivity contribution in [2.45, 2.75) is 157 Å². The number of aliphatic imine (C=N–C) groups is 2. The van der Waals surface area contributed by atoms with E-state index in [0.29, 0.717) is 6.42 Å². The van der Waals surface area contributed by atoms with Crippen LogP contribution in [0.3, 0.4) is 0 Å². The van der Waals surface area contributed by atoms with E-state index < -0.39 is 194 Å². The minimum absolute atomic E-state index is 0.0247. The van der Waals surface area contributed by atoms with Gasteiger partial charge in [0.25, 0.3) is 0 Å². The summed E-state index contributed by atoms with van der Waals surface area (Å²) in [6.45, 7) is -0.621. The number of carbonyl (C=O) groups is 14. The molecule has 91 heavy (non-hydrogen) atoms. The minimum atomic E-state index is -1.82.